The van der Waals surface area contributed by atoms with E-state index in [1.54, 1.807) is 19.2 Å². The van der Waals surface area contributed by atoms with Gasteiger partial charge < -0.3 is 15.2 Å². The Morgan fingerprint density at radius 1 is 1.32 bits per heavy atom. The van der Waals surface area contributed by atoms with E-state index in [1.165, 1.54) is 10.5 Å². The van der Waals surface area contributed by atoms with Crippen molar-refractivity contribution in [3.05, 3.63) is 45.9 Å². The molecule has 9 heteroatoms. The van der Waals surface area contributed by atoms with E-state index in [4.69, 9.17) is 20.2 Å². The molecule has 1 fully saturated rings. The molecule has 1 aliphatic heterocycles. The lowest BCUT2D eigenvalue weighted by Crippen LogP contribution is -2.43. The second-order valence-corrected chi connectivity index (χ2v) is 7.71. The lowest BCUT2D eigenvalue weighted by molar-refractivity contribution is -0.659. The number of fused-ring (bicyclic) bond motifs is 2. The number of rotatable bonds is 6. The summed E-state index contributed by atoms with van der Waals surface area (Å²) in [5.74, 6) is -0.202. The summed E-state index contributed by atoms with van der Waals surface area (Å²) < 4.78 is 13.9. The van der Waals surface area contributed by atoms with Crippen LogP contribution in [0.5, 0.6) is 0 Å². The van der Waals surface area contributed by atoms with Crippen molar-refractivity contribution >= 4 is 28.5 Å². The Hall–Kier alpha value is -3.04. The van der Waals surface area contributed by atoms with Gasteiger partial charge in [0.1, 0.15) is 5.39 Å². The first-order chi connectivity index (χ1) is 15.0. The predicted molar refractivity (Wildman–Crippen MR) is 116 cm³/mol. The van der Waals surface area contributed by atoms with Crippen molar-refractivity contribution in [2.75, 3.05) is 45.2 Å². The summed E-state index contributed by atoms with van der Waals surface area (Å²) in [6.07, 6.45) is 2.55. The minimum absolute atomic E-state index is 0.146. The van der Waals surface area contributed by atoms with Crippen molar-refractivity contribution in [2.45, 2.75) is 26.8 Å². The molecule has 0 aromatic carbocycles. The number of aromatic nitrogens is 3. The van der Waals surface area contributed by atoms with Gasteiger partial charge in [0.15, 0.2) is 0 Å². The Bertz CT molecular complexity index is 1180. The van der Waals surface area contributed by atoms with Crippen LogP contribution >= 0.6 is 0 Å². The molecule has 0 spiro atoms. The van der Waals surface area contributed by atoms with Gasteiger partial charge in [-0.25, -0.2) is 9.36 Å². The fourth-order valence-electron chi connectivity index (χ4n) is 3.97. The third kappa shape index (κ3) is 4.24. The number of hydrogen-bond acceptors (Lipinski definition) is 7. The first kappa shape index (κ1) is 21.2. The van der Waals surface area contributed by atoms with E-state index in [1.807, 2.05) is 17.6 Å². The molecular weight excluding hydrogens is 398 g/mol. The SMILES string of the molecule is CCOC(=O)c1cc(N)[n+](CCCN2CCOCC2)c2nc3ccc(C)cn3c(=O)c12. The molecule has 0 atom stereocenters. The van der Waals surface area contributed by atoms with E-state index in [-0.39, 0.29) is 23.1 Å². The molecule has 3 aromatic rings. The van der Waals surface area contributed by atoms with Gasteiger partial charge in [0, 0.05) is 31.9 Å². The van der Waals surface area contributed by atoms with Crippen LogP contribution in [-0.4, -0.2) is 59.7 Å². The third-order valence-electron chi connectivity index (χ3n) is 5.54. The summed E-state index contributed by atoms with van der Waals surface area (Å²) in [4.78, 5) is 33.1. The number of nitrogen functional groups attached to an aromatic ring is 1. The topological polar surface area (TPSA) is 103 Å². The van der Waals surface area contributed by atoms with Crippen molar-refractivity contribution in [2.24, 2.45) is 0 Å². The Kier molecular flexibility index (Phi) is 6.15. The Morgan fingerprint density at radius 2 is 2.10 bits per heavy atom. The van der Waals surface area contributed by atoms with Gasteiger partial charge >= 0.3 is 5.97 Å². The van der Waals surface area contributed by atoms with Crippen LogP contribution in [0.1, 0.15) is 29.3 Å². The van der Waals surface area contributed by atoms with Crippen LogP contribution in [0.25, 0.3) is 16.7 Å². The van der Waals surface area contributed by atoms with Crippen LogP contribution < -0.4 is 15.9 Å². The molecule has 164 valence electrons. The van der Waals surface area contributed by atoms with Crippen LogP contribution in [0.4, 0.5) is 5.82 Å². The minimum Gasteiger partial charge on any atom is -0.462 e. The summed E-state index contributed by atoms with van der Waals surface area (Å²) in [6, 6.07) is 5.22. The number of morpholine rings is 1. The van der Waals surface area contributed by atoms with Gasteiger partial charge in [-0.3, -0.25) is 14.1 Å². The first-order valence-electron chi connectivity index (χ1n) is 10.6. The largest absolute Gasteiger partial charge is 0.462 e. The molecule has 0 bridgehead atoms. The lowest BCUT2D eigenvalue weighted by Gasteiger charge is -2.26. The van der Waals surface area contributed by atoms with Gasteiger partial charge in [0.2, 0.25) is 11.5 Å². The number of pyridine rings is 2. The maximum Gasteiger partial charge on any atom is 0.339 e. The number of carbonyl (C=O) groups excluding carboxylic acids is 1. The molecule has 1 saturated heterocycles. The van der Waals surface area contributed by atoms with Gasteiger partial charge in [-0.1, -0.05) is 11.1 Å². The first-order valence-corrected chi connectivity index (χ1v) is 10.6. The molecule has 2 N–H and O–H groups in total. The highest BCUT2D eigenvalue weighted by Crippen LogP contribution is 2.17. The van der Waals surface area contributed by atoms with Crippen molar-refractivity contribution in [1.82, 2.24) is 14.3 Å². The average Bonchev–Trinajstić information content (AvgIpc) is 2.76. The number of anilines is 1. The number of nitrogens with zero attached hydrogens (tertiary/aromatic N) is 4. The molecule has 3 aromatic heterocycles. The van der Waals surface area contributed by atoms with Gasteiger partial charge in [-0.15, -0.1) is 0 Å². The van der Waals surface area contributed by atoms with Crippen LogP contribution in [0, 0.1) is 6.92 Å². The van der Waals surface area contributed by atoms with Gasteiger partial charge in [-0.2, -0.15) is 0 Å². The normalized spacial score (nSPS) is 14.9. The minimum atomic E-state index is -0.578. The van der Waals surface area contributed by atoms with Crippen LogP contribution in [0.15, 0.2) is 29.2 Å². The van der Waals surface area contributed by atoms with Crippen molar-refractivity contribution in [3.8, 4) is 0 Å². The lowest BCUT2D eigenvalue weighted by atomic mass is 10.1. The molecule has 1 aliphatic rings. The van der Waals surface area contributed by atoms with E-state index < -0.39 is 5.97 Å². The molecule has 0 aliphatic carbocycles. The monoisotopic (exact) mass is 426 g/mol. The number of aryl methyl sites for hydroxylation is 2. The zero-order chi connectivity index (χ0) is 22.0. The summed E-state index contributed by atoms with van der Waals surface area (Å²) in [6.45, 7) is 8.61. The Balaban J connectivity index is 1.81. The molecular formula is C22H28N5O4+. The maximum absolute atomic E-state index is 13.4. The van der Waals surface area contributed by atoms with E-state index in [0.717, 1.165) is 44.8 Å². The molecule has 9 nitrogen and oxygen atoms in total. The molecule has 31 heavy (non-hydrogen) atoms. The molecule has 0 radical (unpaired) electrons. The van der Waals surface area contributed by atoms with Crippen LogP contribution in [0.3, 0.4) is 0 Å². The third-order valence-corrected chi connectivity index (χ3v) is 5.54. The highest BCUT2D eigenvalue weighted by Gasteiger charge is 2.25. The van der Waals surface area contributed by atoms with E-state index in [9.17, 15) is 9.59 Å². The summed E-state index contributed by atoms with van der Waals surface area (Å²) in [5.41, 5.74) is 7.99. The molecule has 4 rings (SSSR count). The highest BCUT2D eigenvalue weighted by molar-refractivity contribution is 6.02. The van der Waals surface area contributed by atoms with Gasteiger partial charge in [-0.05, 0) is 31.9 Å². The van der Waals surface area contributed by atoms with Gasteiger partial charge in [0.05, 0.1) is 31.9 Å². The quantitative estimate of drug-likeness (QED) is 0.355. The summed E-state index contributed by atoms with van der Waals surface area (Å²) in [7, 11) is 0. The van der Waals surface area contributed by atoms with Crippen LogP contribution in [-0.2, 0) is 16.0 Å². The zero-order valence-electron chi connectivity index (χ0n) is 18.0. The predicted octanol–water partition coefficient (Wildman–Crippen LogP) is 0.925. The zero-order valence-corrected chi connectivity index (χ0v) is 18.0. The summed E-state index contributed by atoms with van der Waals surface area (Å²) >= 11 is 0. The molecule has 0 amide bonds. The van der Waals surface area contributed by atoms with Crippen molar-refractivity contribution in [3.63, 3.8) is 0 Å². The fourth-order valence-corrected chi connectivity index (χ4v) is 3.97. The number of hydrogen-bond donors (Lipinski definition) is 1. The van der Waals surface area contributed by atoms with Crippen molar-refractivity contribution in [1.29, 1.82) is 0 Å². The number of esters is 1. The molecule has 0 unspecified atom stereocenters. The number of carbonyl (C=O) groups is 1. The summed E-state index contributed by atoms with van der Waals surface area (Å²) in [5, 5.41) is 0.224. The Morgan fingerprint density at radius 3 is 2.84 bits per heavy atom. The average molecular weight is 426 g/mol. The number of ether oxygens (including phenoxy) is 2. The standard InChI is InChI=1S/C22H27N5O4/c1-3-31-22(29)16-13-17(23)26(8-4-7-25-9-11-30-12-10-25)20-19(16)21(28)27-14-15(2)5-6-18(27)24-20/h5-6,13-14,23H,3-4,7-12H2,1-2H3/p+1. The fraction of sp³-hybridized carbons (Fsp3) is 0.455. The molecule has 4 heterocycles. The smallest absolute Gasteiger partial charge is 0.339 e. The highest BCUT2D eigenvalue weighted by atomic mass is 16.5. The van der Waals surface area contributed by atoms with Crippen LogP contribution in [0.2, 0.25) is 0 Å². The second kappa shape index (κ2) is 8.99. The maximum atomic E-state index is 13.4. The van der Waals surface area contributed by atoms with E-state index in [2.05, 4.69) is 4.90 Å². The second-order valence-electron chi connectivity index (χ2n) is 7.71. The Labute approximate surface area is 180 Å². The van der Waals surface area contributed by atoms with Gasteiger partial charge in [0.25, 0.3) is 11.2 Å². The van der Waals surface area contributed by atoms with E-state index in [0.29, 0.717) is 23.7 Å². The number of nitrogens with two attached hydrogens (primary N) is 1. The molecule has 0 saturated carbocycles. The van der Waals surface area contributed by atoms with Crippen molar-refractivity contribution < 1.29 is 18.8 Å². The van der Waals surface area contributed by atoms with E-state index >= 15 is 0 Å².